The lowest BCUT2D eigenvalue weighted by Crippen LogP contribution is -2.48. The Morgan fingerprint density at radius 1 is 1.04 bits per heavy atom. The number of anilines is 2. The molecule has 1 heterocycles. The molecule has 1 aliphatic heterocycles. The fourth-order valence-electron chi connectivity index (χ4n) is 2.80. The zero-order valence-corrected chi connectivity index (χ0v) is 15.0. The zero-order valence-electron chi connectivity index (χ0n) is 13.5. The third-order valence-electron chi connectivity index (χ3n) is 4.13. The third kappa shape index (κ3) is 4.84. The first-order valence-electron chi connectivity index (χ1n) is 7.99. The summed E-state index contributed by atoms with van der Waals surface area (Å²) < 4.78 is 13.0. The lowest BCUT2D eigenvalue weighted by atomic mass is 10.2. The minimum absolute atomic E-state index is 0.126. The second-order valence-electron chi connectivity index (χ2n) is 5.91. The van der Waals surface area contributed by atoms with Crippen LogP contribution in [0.5, 0.6) is 0 Å². The monoisotopic (exact) mass is 381 g/mol. The normalized spacial score (nSPS) is 15.2. The summed E-state index contributed by atoms with van der Waals surface area (Å²) in [4.78, 5) is 16.5. The van der Waals surface area contributed by atoms with Crippen molar-refractivity contribution in [2.75, 3.05) is 42.9 Å². The number of hydrogen-bond donors (Lipinski definition) is 1. The Labute approximate surface area is 156 Å². The van der Waals surface area contributed by atoms with Gasteiger partial charge in [0.2, 0.25) is 5.91 Å². The Kier molecular flexibility index (Phi) is 5.78. The smallest absolute Gasteiger partial charge is 0.238 e. The van der Waals surface area contributed by atoms with Crippen molar-refractivity contribution in [1.29, 1.82) is 0 Å². The summed E-state index contributed by atoms with van der Waals surface area (Å²) in [6.07, 6.45) is 0. The highest BCUT2D eigenvalue weighted by Crippen LogP contribution is 2.25. The van der Waals surface area contributed by atoms with E-state index in [4.69, 9.17) is 23.2 Å². The standard InChI is InChI=1S/C18H18Cl2FN3O/c19-13-1-6-16(20)17(11-13)22-18(25)12-23-7-9-24(10-8-23)15-4-2-14(21)3-5-15/h1-6,11H,7-10,12H2,(H,22,25). The average molecular weight is 382 g/mol. The van der Waals surface area contributed by atoms with Gasteiger partial charge in [-0.3, -0.25) is 9.69 Å². The molecule has 0 spiro atoms. The molecule has 0 atom stereocenters. The number of hydrogen-bond acceptors (Lipinski definition) is 3. The van der Waals surface area contributed by atoms with Gasteiger partial charge in [0.05, 0.1) is 17.3 Å². The molecular weight excluding hydrogens is 364 g/mol. The first-order valence-corrected chi connectivity index (χ1v) is 8.74. The maximum atomic E-state index is 13.0. The molecule has 1 N–H and O–H groups in total. The van der Waals surface area contributed by atoms with Gasteiger partial charge in [0.25, 0.3) is 0 Å². The summed E-state index contributed by atoms with van der Waals surface area (Å²) in [6.45, 7) is 3.38. The Morgan fingerprint density at radius 3 is 2.40 bits per heavy atom. The van der Waals surface area contributed by atoms with Crippen LogP contribution >= 0.6 is 23.2 Å². The summed E-state index contributed by atoms with van der Waals surface area (Å²) in [7, 11) is 0. The Bertz CT molecular complexity index is 746. The fraction of sp³-hybridized carbons (Fsp3) is 0.278. The molecule has 0 aromatic heterocycles. The van der Waals surface area contributed by atoms with Gasteiger partial charge < -0.3 is 10.2 Å². The van der Waals surface area contributed by atoms with Crippen LogP contribution in [-0.2, 0) is 4.79 Å². The lowest BCUT2D eigenvalue weighted by Gasteiger charge is -2.35. The van der Waals surface area contributed by atoms with Crippen LogP contribution in [0.2, 0.25) is 10.0 Å². The Hall–Kier alpha value is -1.82. The quantitative estimate of drug-likeness (QED) is 0.872. The largest absolute Gasteiger partial charge is 0.369 e. The predicted molar refractivity (Wildman–Crippen MR) is 100 cm³/mol. The first kappa shape index (κ1) is 18.0. The molecule has 3 rings (SSSR count). The molecule has 1 fully saturated rings. The van der Waals surface area contributed by atoms with E-state index in [1.54, 1.807) is 30.3 Å². The number of carbonyl (C=O) groups excluding carboxylic acids is 1. The molecule has 1 aliphatic rings. The number of benzene rings is 2. The molecule has 0 radical (unpaired) electrons. The molecule has 25 heavy (non-hydrogen) atoms. The molecule has 4 nitrogen and oxygen atoms in total. The van der Waals surface area contributed by atoms with E-state index in [-0.39, 0.29) is 11.7 Å². The highest BCUT2D eigenvalue weighted by atomic mass is 35.5. The van der Waals surface area contributed by atoms with E-state index < -0.39 is 0 Å². The lowest BCUT2D eigenvalue weighted by molar-refractivity contribution is -0.117. The average Bonchev–Trinajstić information content (AvgIpc) is 2.59. The molecule has 0 aliphatic carbocycles. The molecule has 0 bridgehead atoms. The minimum Gasteiger partial charge on any atom is -0.369 e. The van der Waals surface area contributed by atoms with Crippen LogP contribution < -0.4 is 10.2 Å². The highest BCUT2D eigenvalue weighted by Gasteiger charge is 2.19. The maximum Gasteiger partial charge on any atom is 0.238 e. The van der Waals surface area contributed by atoms with Gasteiger partial charge in [0.15, 0.2) is 0 Å². The number of rotatable bonds is 4. The van der Waals surface area contributed by atoms with Crippen molar-refractivity contribution in [2.45, 2.75) is 0 Å². The molecule has 1 saturated heterocycles. The van der Waals surface area contributed by atoms with E-state index in [0.29, 0.717) is 22.3 Å². The number of nitrogens with zero attached hydrogens (tertiary/aromatic N) is 2. The van der Waals surface area contributed by atoms with Gasteiger partial charge >= 0.3 is 0 Å². The number of halogens is 3. The summed E-state index contributed by atoms with van der Waals surface area (Å²) >= 11 is 12.0. The van der Waals surface area contributed by atoms with Crippen molar-refractivity contribution >= 4 is 40.5 Å². The number of carbonyl (C=O) groups is 1. The van der Waals surface area contributed by atoms with Crippen molar-refractivity contribution in [2.24, 2.45) is 0 Å². The van der Waals surface area contributed by atoms with Crippen LogP contribution in [-0.4, -0.2) is 43.5 Å². The summed E-state index contributed by atoms with van der Waals surface area (Å²) in [6, 6.07) is 11.4. The summed E-state index contributed by atoms with van der Waals surface area (Å²) in [5.74, 6) is -0.363. The van der Waals surface area contributed by atoms with E-state index in [2.05, 4.69) is 15.1 Å². The Balaban J connectivity index is 1.51. The topological polar surface area (TPSA) is 35.6 Å². The second-order valence-corrected chi connectivity index (χ2v) is 6.76. The number of amides is 1. The highest BCUT2D eigenvalue weighted by molar-refractivity contribution is 6.35. The maximum absolute atomic E-state index is 13.0. The molecule has 2 aromatic rings. The van der Waals surface area contributed by atoms with Gasteiger partial charge in [-0.25, -0.2) is 4.39 Å². The first-order chi connectivity index (χ1) is 12.0. The molecule has 7 heteroatoms. The number of nitrogens with one attached hydrogen (secondary N) is 1. The molecule has 0 saturated carbocycles. The van der Waals surface area contributed by atoms with Crippen molar-refractivity contribution < 1.29 is 9.18 Å². The predicted octanol–water partition coefficient (Wildman–Crippen LogP) is 3.89. The second kappa shape index (κ2) is 8.04. The molecule has 132 valence electrons. The minimum atomic E-state index is -0.237. The van der Waals surface area contributed by atoms with E-state index in [1.165, 1.54) is 12.1 Å². The van der Waals surface area contributed by atoms with Gasteiger partial charge in [-0.1, -0.05) is 23.2 Å². The molecule has 0 unspecified atom stereocenters. The summed E-state index contributed by atoms with van der Waals surface area (Å²) in [5.41, 5.74) is 1.51. The SMILES string of the molecule is O=C(CN1CCN(c2ccc(F)cc2)CC1)Nc1cc(Cl)ccc1Cl. The Morgan fingerprint density at radius 2 is 1.72 bits per heavy atom. The van der Waals surface area contributed by atoms with Gasteiger partial charge in [0.1, 0.15) is 5.82 Å². The van der Waals surface area contributed by atoms with E-state index in [1.807, 2.05) is 0 Å². The zero-order chi connectivity index (χ0) is 17.8. The van der Waals surface area contributed by atoms with Gasteiger partial charge in [-0.05, 0) is 42.5 Å². The molecular formula is C18H18Cl2FN3O. The van der Waals surface area contributed by atoms with Gasteiger partial charge in [-0.2, -0.15) is 0 Å². The van der Waals surface area contributed by atoms with Crippen LogP contribution in [0.25, 0.3) is 0 Å². The fourth-order valence-corrected chi connectivity index (χ4v) is 3.14. The molecule has 1 amide bonds. The van der Waals surface area contributed by atoms with Gasteiger partial charge in [-0.15, -0.1) is 0 Å². The van der Waals surface area contributed by atoms with Crippen LogP contribution in [0.15, 0.2) is 42.5 Å². The van der Waals surface area contributed by atoms with Crippen LogP contribution in [0.1, 0.15) is 0 Å². The van der Waals surface area contributed by atoms with Crippen molar-refractivity contribution in [3.05, 3.63) is 58.3 Å². The summed E-state index contributed by atoms with van der Waals surface area (Å²) in [5, 5.41) is 3.77. The van der Waals surface area contributed by atoms with Crippen LogP contribution in [0.4, 0.5) is 15.8 Å². The van der Waals surface area contributed by atoms with Crippen LogP contribution in [0, 0.1) is 5.82 Å². The van der Waals surface area contributed by atoms with E-state index in [9.17, 15) is 9.18 Å². The third-order valence-corrected chi connectivity index (χ3v) is 4.70. The number of piperazine rings is 1. The van der Waals surface area contributed by atoms with Crippen molar-refractivity contribution in [3.63, 3.8) is 0 Å². The van der Waals surface area contributed by atoms with E-state index >= 15 is 0 Å². The van der Waals surface area contributed by atoms with Gasteiger partial charge in [0, 0.05) is 36.9 Å². The van der Waals surface area contributed by atoms with Crippen molar-refractivity contribution in [1.82, 2.24) is 4.90 Å². The van der Waals surface area contributed by atoms with Crippen molar-refractivity contribution in [3.8, 4) is 0 Å². The van der Waals surface area contributed by atoms with Crippen LogP contribution in [0.3, 0.4) is 0 Å². The molecule has 2 aromatic carbocycles. The van der Waals surface area contributed by atoms with E-state index in [0.717, 1.165) is 31.9 Å².